The third-order valence-electron chi connectivity index (χ3n) is 4.15. The highest BCUT2D eigenvalue weighted by Gasteiger charge is 2.18. The first-order chi connectivity index (χ1) is 8.70. The van der Waals surface area contributed by atoms with E-state index in [0.717, 1.165) is 35.2 Å². The Bertz CT molecular complexity index is 604. The van der Waals surface area contributed by atoms with Crippen molar-refractivity contribution in [3.63, 3.8) is 0 Å². The van der Waals surface area contributed by atoms with Gasteiger partial charge in [0.2, 0.25) is 0 Å². The van der Waals surface area contributed by atoms with Gasteiger partial charge in [0.15, 0.2) is 0 Å². The Labute approximate surface area is 113 Å². The minimum Gasteiger partial charge on any atom is -0.252 e. The van der Waals surface area contributed by atoms with E-state index in [1.165, 1.54) is 23.2 Å². The molecule has 18 heavy (non-hydrogen) atoms. The second kappa shape index (κ2) is 4.55. The first kappa shape index (κ1) is 12.0. The molecule has 1 aromatic heterocycles. The molecule has 3 rings (SSSR count). The van der Waals surface area contributed by atoms with Crippen LogP contribution in [0.5, 0.6) is 0 Å². The molecule has 1 atom stereocenters. The summed E-state index contributed by atoms with van der Waals surface area (Å²) in [6, 6.07) is 6.56. The summed E-state index contributed by atoms with van der Waals surface area (Å²) in [6.45, 7) is 4.48. The van der Waals surface area contributed by atoms with Gasteiger partial charge >= 0.3 is 0 Å². The fourth-order valence-electron chi connectivity index (χ4n) is 2.76. The highest BCUT2D eigenvalue weighted by molar-refractivity contribution is 6.36. The number of fused-ring (bicyclic) bond motifs is 2. The van der Waals surface area contributed by atoms with E-state index >= 15 is 0 Å². The first-order valence-electron chi connectivity index (χ1n) is 6.81. The van der Waals surface area contributed by atoms with Crippen LogP contribution in [0.15, 0.2) is 18.2 Å². The lowest BCUT2D eigenvalue weighted by Crippen LogP contribution is -1.95. The zero-order chi connectivity index (χ0) is 12.7. The van der Waals surface area contributed by atoms with Crippen molar-refractivity contribution >= 4 is 22.5 Å². The summed E-state index contributed by atoms with van der Waals surface area (Å²) >= 11 is 6.57. The van der Waals surface area contributed by atoms with E-state index in [0.29, 0.717) is 5.92 Å². The Morgan fingerprint density at radius 1 is 1.33 bits per heavy atom. The van der Waals surface area contributed by atoms with E-state index in [2.05, 4.69) is 32.0 Å². The minimum atomic E-state index is 0.582. The molecule has 0 saturated heterocycles. The van der Waals surface area contributed by atoms with Gasteiger partial charge in [-0.25, -0.2) is 0 Å². The Hall–Kier alpha value is -1.08. The number of rotatable bonds is 2. The number of aryl methyl sites for hydroxylation is 1. The number of aromatic nitrogens is 1. The predicted molar refractivity (Wildman–Crippen MR) is 77.5 cm³/mol. The van der Waals surface area contributed by atoms with Crippen molar-refractivity contribution in [3.8, 4) is 0 Å². The van der Waals surface area contributed by atoms with Gasteiger partial charge in [0.05, 0.1) is 10.5 Å². The molecule has 0 radical (unpaired) electrons. The van der Waals surface area contributed by atoms with Crippen molar-refractivity contribution in [2.24, 2.45) is 0 Å². The van der Waals surface area contributed by atoms with Gasteiger partial charge in [0, 0.05) is 11.1 Å². The van der Waals surface area contributed by atoms with Gasteiger partial charge < -0.3 is 0 Å². The molecule has 2 heteroatoms. The SMILES string of the molecule is CCC(C)c1ccc2nc3c(c(Cl)c2c1)CCC3. The van der Waals surface area contributed by atoms with Gasteiger partial charge in [-0.2, -0.15) is 0 Å². The highest BCUT2D eigenvalue weighted by Crippen LogP contribution is 2.35. The Kier molecular flexibility index (Phi) is 3.03. The van der Waals surface area contributed by atoms with Crippen molar-refractivity contribution in [2.75, 3.05) is 0 Å². The fourth-order valence-corrected chi connectivity index (χ4v) is 3.12. The molecule has 0 aliphatic heterocycles. The van der Waals surface area contributed by atoms with Gasteiger partial charge in [0.1, 0.15) is 0 Å². The van der Waals surface area contributed by atoms with Gasteiger partial charge in [-0.05, 0) is 54.9 Å². The first-order valence-corrected chi connectivity index (χ1v) is 7.19. The van der Waals surface area contributed by atoms with Crippen molar-refractivity contribution in [2.45, 2.75) is 45.4 Å². The lowest BCUT2D eigenvalue weighted by molar-refractivity contribution is 0.734. The Morgan fingerprint density at radius 3 is 2.94 bits per heavy atom. The summed E-state index contributed by atoms with van der Waals surface area (Å²) in [5.74, 6) is 0.582. The van der Waals surface area contributed by atoms with Crippen LogP contribution in [0.1, 0.15) is 49.4 Å². The van der Waals surface area contributed by atoms with Crippen LogP contribution in [0.3, 0.4) is 0 Å². The number of nitrogens with zero attached hydrogens (tertiary/aromatic N) is 1. The topological polar surface area (TPSA) is 12.9 Å². The van der Waals surface area contributed by atoms with E-state index in [-0.39, 0.29) is 0 Å². The number of hydrogen-bond acceptors (Lipinski definition) is 1. The molecule has 1 aromatic carbocycles. The van der Waals surface area contributed by atoms with Crippen molar-refractivity contribution in [1.82, 2.24) is 4.98 Å². The summed E-state index contributed by atoms with van der Waals surface area (Å²) in [4.78, 5) is 4.76. The molecule has 0 bridgehead atoms. The Balaban J connectivity index is 2.22. The molecule has 1 heterocycles. The number of hydrogen-bond donors (Lipinski definition) is 0. The summed E-state index contributed by atoms with van der Waals surface area (Å²) in [5, 5.41) is 2.08. The molecule has 0 fully saturated rings. The lowest BCUT2D eigenvalue weighted by Gasteiger charge is -2.12. The zero-order valence-corrected chi connectivity index (χ0v) is 11.7. The normalized spacial score (nSPS) is 15.9. The quantitative estimate of drug-likeness (QED) is 0.748. The number of halogens is 1. The van der Waals surface area contributed by atoms with Crippen LogP contribution in [0.4, 0.5) is 0 Å². The van der Waals surface area contributed by atoms with Gasteiger partial charge in [0.25, 0.3) is 0 Å². The maximum atomic E-state index is 6.57. The van der Waals surface area contributed by atoms with E-state index in [9.17, 15) is 0 Å². The van der Waals surface area contributed by atoms with Crippen LogP contribution in [0.25, 0.3) is 10.9 Å². The molecule has 0 spiro atoms. The second-order valence-corrected chi connectivity index (χ2v) is 5.67. The summed E-state index contributed by atoms with van der Waals surface area (Å²) in [6.07, 6.45) is 4.51. The third-order valence-corrected chi connectivity index (χ3v) is 4.58. The highest BCUT2D eigenvalue weighted by atomic mass is 35.5. The average molecular weight is 260 g/mol. The van der Waals surface area contributed by atoms with E-state index in [1.807, 2.05) is 0 Å². The standard InChI is InChI=1S/C16H18ClN/c1-3-10(2)11-7-8-15-13(9-11)16(17)12-5-4-6-14(12)18-15/h7-10H,3-6H2,1-2H3. The van der Waals surface area contributed by atoms with Crippen LogP contribution < -0.4 is 0 Å². The second-order valence-electron chi connectivity index (χ2n) is 5.29. The molecule has 1 aliphatic rings. The van der Waals surface area contributed by atoms with Crippen LogP contribution in [0.2, 0.25) is 5.02 Å². The molecule has 1 nitrogen and oxygen atoms in total. The van der Waals surface area contributed by atoms with Crippen molar-refractivity contribution < 1.29 is 0 Å². The smallest absolute Gasteiger partial charge is 0.0720 e. The number of pyridine rings is 1. The molecule has 0 saturated carbocycles. The largest absolute Gasteiger partial charge is 0.252 e. The molecule has 0 N–H and O–H groups in total. The summed E-state index contributed by atoms with van der Waals surface area (Å²) in [5.41, 5.74) is 4.91. The van der Waals surface area contributed by atoms with E-state index in [4.69, 9.17) is 16.6 Å². The van der Waals surface area contributed by atoms with E-state index < -0.39 is 0 Å². The Morgan fingerprint density at radius 2 is 2.17 bits per heavy atom. The number of benzene rings is 1. The maximum Gasteiger partial charge on any atom is 0.0720 e. The van der Waals surface area contributed by atoms with Crippen LogP contribution in [-0.2, 0) is 12.8 Å². The third kappa shape index (κ3) is 1.81. The molecule has 1 unspecified atom stereocenters. The van der Waals surface area contributed by atoms with E-state index in [1.54, 1.807) is 0 Å². The van der Waals surface area contributed by atoms with Gasteiger partial charge in [-0.1, -0.05) is 31.5 Å². The van der Waals surface area contributed by atoms with Crippen molar-refractivity contribution in [1.29, 1.82) is 0 Å². The summed E-state index contributed by atoms with van der Waals surface area (Å²) < 4.78 is 0. The van der Waals surface area contributed by atoms with Gasteiger partial charge in [-0.15, -0.1) is 0 Å². The maximum absolute atomic E-state index is 6.57. The average Bonchev–Trinajstić information content (AvgIpc) is 2.86. The fraction of sp³-hybridized carbons (Fsp3) is 0.438. The van der Waals surface area contributed by atoms with Crippen LogP contribution >= 0.6 is 11.6 Å². The molecular formula is C16H18ClN. The monoisotopic (exact) mass is 259 g/mol. The van der Waals surface area contributed by atoms with Crippen molar-refractivity contribution in [3.05, 3.63) is 40.0 Å². The van der Waals surface area contributed by atoms with Gasteiger partial charge in [-0.3, -0.25) is 4.98 Å². The molecule has 1 aliphatic carbocycles. The van der Waals surface area contributed by atoms with Crippen LogP contribution in [0, 0.1) is 0 Å². The molecular weight excluding hydrogens is 242 g/mol. The molecule has 2 aromatic rings. The predicted octanol–water partition coefficient (Wildman–Crippen LogP) is 4.89. The molecule has 94 valence electrons. The zero-order valence-electron chi connectivity index (χ0n) is 11.0. The lowest BCUT2D eigenvalue weighted by atomic mass is 9.96. The van der Waals surface area contributed by atoms with Crippen LogP contribution in [-0.4, -0.2) is 4.98 Å². The molecule has 0 amide bonds. The minimum absolute atomic E-state index is 0.582. The summed E-state index contributed by atoms with van der Waals surface area (Å²) in [7, 11) is 0.